The molecule has 0 saturated carbocycles. The molecule has 0 amide bonds. The molecule has 5 heterocycles. The maximum Gasteiger partial charge on any atom is 0.146 e. The molecule has 0 unspecified atom stereocenters. The zero-order valence-corrected chi connectivity index (χ0v) is 20.6. The van der Waals surface area contributed by atoms with Gasteiger partial charge in [0.1, 0.15) is 22.3 Å². The second-order valence-electron chi connectivity index (χ2n) is 9.12. The van der Waals surface area contributed by atoms with Crippen LogP contribution in [0.3, 0.4) is 0 Å². The largest absolute Gasteiger partial charge is 0.379 e. The summed E-state index contributed by atoms with van der Waals surface area (Å²) in [4.78, 5) is 21.8. The van der Waals surface area contributed by atoms with Gasteiger partial charge in [0.05, 0.1) is 25.1 Å². The average Bonchev–Trinajstić information content (AvgIpc) is 3.00. The first-order chi connectivity index (χ1) is 16.2. The topological polar surface area (TPSA) is 66.4 Å². The first-order valence-corrected chi connectivity index (χ1v) is 13.0. The SMILES string of the molecule is Cc1sc2nc(CN3CCOCC3)nc(NCc3ccc(N4CCCCCC4)nc3)c2c1C. The van der Waals surface area contributed by atoms with Crippen LogP contribution in [0.25, 0.3) is 10.2 Å². The summed E-state index contributed by atoms with van der Waals surface area (Å²) in [5.74, 6) is 2.91. The van der Waals surface area contributed by atoms with Gasteiger partial charge in [0.25, 0.3) is 0 Å². The van der Waals surface area contributed by atoms with Crippen LogP contribution in [0.5, 0.6) is 0 Å². The lowest BCUT2D eigenvalue weighted by Crippen LogP contribution is -2.36. The van der Waals surface area contributed by atoms with Crippen LogP contribution in [0, 0.1) is 13.8 Å². The van der Waals surface area contributed by atoms with Gasteiger partial charge in [-0.2, -0.15) is 0 Å². The minimum atomic E-state index is 0.699. The van der Waals surface area contributed by atoms with Crippen LogP contribution in [0.15, 0.2) is 18.3 Å². The van der Waals surface area contributed by atoms with Crippen molar-refractivity contribution in [1.82, 2.24) is 19.9 Å². The molecular formula is C25H34N6OS. The number of thiophene rings is 1. The molecule has 0 spiro atoms. The number of ether oxygens (including phenoxy) is 1. The number of rotatable bonds is 6. The van der Waals surface area contributed by atoms with E-state index < -0.39 is 0 Å². The molecule has 7 nitrogen and oxygen atoms in total. The molecular weight excluding hydrogens is 432 g/mol. The molecule has 0 bridgehead atoms. The van der Waals surface area contributed by atoms with Gasteiger partial charge in [-0.25, -0.2) is 15.0 Å². The molecule has 0 radical (unpaired) electrons. The maximum absolute atomic E-state index is 5.49. The lowest BCUT2D eigenvalue weighted by molar-refractivity contribution is 0.0331. The fraction of sp³-hybridized carbons (Fsp3) is 0.560. The molecule has 8 heteroatoms. The van der Waals surface area contributed by atoms with Gasteiger partial charge in [-0.3, -0.25) is 4.90 Å². The molecule has 2 aliphatic heterocycles. The van der Waals surface area contributed by atoms with Gasteiger partial charge >= 0.3 is 0 Å². The van der Waals surface area contributed by atoms with E-state index >= 15 is 0 Å². The van der Waals surface area contributed by atoms with Crippen molar-refractivity contribution in [2.75, 3.05) is 49.6 Å². The average molecular weight is 467 g/mol. The smallest absolute Gasteiger partial charge is 0.146 e. The molecule has 3 aromatic rings. The highest BCUT2D eigenvalue weighted by molar-refractivity contribution is 7.18. The molecule has 2 saturated heterocycles. The first-order valence-electron chi connectivity index (χ1n) is 12.2. The van der Waals surface area contributed by atoms with E-state index in [1.165, 1.54) is 41.7 Å². The summed E-state index contributed by atoms with van der Waals surface area (Å²) in [5.41, 5.74) is 2.43. The van der Waals surface area contributed by atoms with Crippen LogP contribution < -0.4 is 10.2 Å². The standard InChI is InChI=1S/C25H34N6OS/c1-18-19(2)33-25-23(18)24(28-21(29-25)17-30-11-13-32-14-12-30)27-16-20-7-8-22(26-15-20)31-9-5-3-4-6-10-31/h7-8,15H,3-6,9-14,16-17H2,1-2H3,(H,27,28,29). The van der Waals surface area contributed by atoms with E-state index in [9.17, 15) is 0 Å². The maximum atomic E-state index is 5.49. The monoisotopic (exact) mass is 466 g/mol. The Bertz CT molecular complexity index is 1070. The number of anilines is 2. The summed E-state index contributed by atoms with van der Waals surface area (Å²) >= 11 is 1.76. The highest BCUT2D eigenvalue weighted by atomic mass is 32.1. The highest BCUT2D eigenvalue weighted by Crippen LogP contribution is 2.33. The van der Waals surface area contributed by atoms with Crippen molar-refractivity contribution in [3.8, 4) is 0 Å². The normalized spacial score (nSPS) is 17.9. The van der Waals surface area contributed by atoms with Gasteiger partial charge in [-0.15, -0.1) is 11.3 Å². The third-order valence-electron chi connectivity index (χ3n) is 6.74. The predicted molar refractivity (Wildman–Crippen MR) is 135 cm³/mol. The number of pyridine rings is 1. The molecule has 1 N–H and O–H groups in total. The van der Waals surface area contributed by atoms with Crippen molar-refractivity contribution in [3.05, 3.63) is 40.2 Å². The predicted octanol–water partition coefficient (Wildman–Crippen LogP) is 4.53. The summed E-state index contributed by atoms with van der Waals surface area (Å²) in [6, 6.07) is 4.36. The Kier molecular flexibility index (Phi) is 7.04. The zero-order valence-electron chi connectivity index (χ0n) is 19.8. The number of fused-ring (bicyclic) bond motifs is 1. The van der Waals surface area contributed by atoms with Crippen LogP contribution in [0.4, 0.5) is 11.6 Å². The molecule has 176 valence electrons. The number of hydrogen-bond acceptors (Lipinski definition) is 8. The Morgan fingerprint density at radius 3 is 2.52 bits per heavy atom. The third kappa shape index (κ3) is 5.28. The number of hydrogen-bond donors (Lipinski definition) is 1. The van der Waals surface area contributed by atoms with Crippen LogP contribution in [0.2, 0.25) is 0 Å². The van der Waals surface area contributed by atoms with E-state index in [2.05, 4.69) is 41.1 Å². The summed E-state index contributed by atoms with van der Waals surface area (Å²) in [7, 11) is 0. The summed E-state index contributed by atoms with van der Waals surface area (Å²) in [6.45, 7) is 11.5. The van der Waals surface area contributed by atoms with E-state index in [1.807, 2.05) is 6.20 Å². The van der Waals surface area contributed by atoms with Crippen LogP contribution in [-0.4, -0.2) is 59.2 Å². The van der Waals surface area contributed by atoms with Gasteiger partial charge < -0.3 is 15.0 Å². The van der Waals surface area contributed by atoms with Gasteiger partial charge in [0.15, 0.2) is 0 Å². The van der Waals surface area contributed by atoms with Crippen molar-refractivity contribution >= 4 is 33.2 Å². The number of aryl methyl sites for hydroxylation is 2. The molecule has 0 aliphatic carbocycles. The minimum absolute atomic E-state index is 0.699. The lowest BCUT2D eigenvalue weighted by atomic mass is 10.2. The second-order valence-corrected chi connectivity index (χ2v) is 10.3. The zero-order chi connectivity index (χ0) is 22.6. The lowest BCUT2D eigenvalue weighted by Gasteiger charge is -2.25. The fourth-order valence-corrected chi connectivity index (χ4v) is 5.69. The first kappa shape index (κ1) is 22.5. The summed E-state index contributed by atoms with van der Waals surface area (Å²) in [6.07, 6.45) is 7.20. The highest BCUT2D eigenvalue weighted by Gasteiger charge is 2.18. The number of nitrogens with zero attached hydrogens (tertiary/aromatic N) is 5. The number of nitrogens with one attached hydrogen (secondary N) is 1. The molecule has 3 aromatic heterocycles. The molecule has 33 heavy (non-hydrogen) atoms. The summed E-state index contributed by atoms with van der Waals surface area (Å²) < 4.78 is 5.49. The van der Waals surface area contributed by atoms with Crippen LogP contribution in [-0.2, 0) is 17.8 Å². The van der Waals surface area contributed by atoms with Gasteiger partial charge in [0, 0.05) is 43.8 Å². The second kappa shape index (κ2) is 10.3. The summed E-state index contributed by atoms with van der Waals surface area (Å²) in [5, 5.41) is 4.75. The Morgan fingerprint density at radius 2 is 1.79 bits per heavy atom. The van der Waals surface area contributed by atoms with Gasteiger partial charge in [-0.05, 0) is 43.9 Å². The van der Waals surface area contributed by atoms with Crippen molar-refractivity contribution in [3.63, 3.8) is 0 Å². The molecule has 2 aliphatic rings. The fourth-order valence-electron chi connectivity index (χ4n) is 4.65. The molecule has 5 rings (SSSR count). The van der Waals surface area contributed by atoms with E-state index in [4.69, 9.17) is 19.7 Å². The van der Waals surface area contributed by atoms with E-state index in [0.717, 1.165) is 73.6 Å². The van der Waals surface area contributed by atoms with E-state index in [0.29, 0.717) is 6.54 Å². The Morgan fingerprint density at radius 1 is 1.00 bits per heavy atom. The number of aromatic nitrogens is 3. The van der Waals surface area contributed by atoms with Crippen molar-refractivity contribution in [1.29, 1.82) is 0 Å². The Labute approximate surface area is 200 Å². The Balaban J connectivity index is 1.33. The van der Waals surface area contributed by atoms with Crippen LogP contribution >= 0.6 is 11.3 Å². The van der Waals surface area contributed by atoms with Gasteiger partial charge in [-0.1, -0.05) is 18.9 Å². The third-order valence-corrected chi connectivity index (χ3v) is 7.84. The van der Waals surface area contributed by atoms with Crippen molar-refractivity contribution in [2.45, 2.75) is 52.6 Å². The molecule has 2 fully saturated rings. The Hall–Kier alpha value is -2.29. The van der Waals surface area contributed by atoms with Crippen molar-refractivity contribution < 1.29 is 4.74 Å². The van der Waals surface area contributed by atoms with E-state index in [1.54, 1.807) is 11.3 Å². The molecule has 0 atom stereocenters. The molecule has 0 aromatic carbocycles. The number of morpholine rings is 1. The minimum Gasteiger partial charge on any atom is -0.379 e. The van der Waals surface area contributed by atoms with Gasteiger partial charge in [0.2, 0.25) is 0 Å². The van der Waals surface area contributed by atoms with Crippen LogP contribution in [0.1, 0.15) is 47.5 Å². The van der Waals surface area contributed by atoms with E-state index in [-0.39, 0.29) is 0 Å². The quantitative estimate of drug-likeness (QED) is 0.573. The van der Waals surface area contributed by atoms with Crippen molar-refractivity contribution in [2.24, 2.45) is 0 Å².